The van der Waals surface area contributed by atoms with E-state index < -0.39 is 5.97 Å². The third-order valence-corrected chi connectivity index (χ3v) is 2.44. The van der Waals surface area contributed by atoms with E-state index in [1.54, 1.807) is 6.92 Å². The fourth-order valence-electron chi connectivity index (χ4n) is 0.476. The summed E-state index contributed by atoms with van der Waals surface area (Å²) in [5.41, 5.74) is 0. The zero-order valence-corrected chi connectivity index (χ0v) is 7.28. The van der Waals surface area contributed by atoms with Crippen LogP contribution in [0.15, 0.2) is 0 Å². The number of hydrogen-bond acceptors (Lipinski definition) is 2. The highest BCUT2D eigenvalue weighted by Crippen LogP contribution is 2.11. The van der Waals surface area contributed by atoms with Crippen molar-refractivity contribution in [1.82, 2.24) is 0 Å². The van der Waals surface area contributed by atoms with Crippen molar-refractivity contribution < 1.29 is 9.90 Å². The molecule has 0 fully saturated rings. The Labute approximate surface area is 66.0 Å². The highest BCUT2D eigenvalue weighted by atomic mass is 32.2. The van der Waals surface area contributed by atoms with E-state index >= 15 is 0 Å². The van der Waals surface area contributed by atoms with E-state index in [0.29, 0.717) is 0 Å². The average Bonchev–Trinajstić information content (AvgIpc) is 1.88. The first-order chi connectivity index (χ1) is 4.68. The summed E-state index contributed by atoms with van der Waals surface area (Å²) in [6, 6.07) is 0. The molecule has 0 saturated heterocycles. The lowest BCUT2D eigenvalue weighted by atomic mass is 10.4. The van der Waals surface area contributed by atoms with Gasteiger partial charge in [-0.1, -0.05) is 13.3 Å². The van der Waals surface area contributed by atoms with Crippen molar-refractivity contribution in [3.8, 4) is 0 Å². The molecule has 0 rings (SSSR count). The Bertz CT molecular complexity index is 104. The Hall–Kier alpha value is -0.180. The largest absolute Gasteiger partial charge is 0.480 e. The van der Waals surface area contributed by atoms with Gasteiger partial charge in [-0.3, -0.25) is 4.79 Å². The van der Waals surface area contributed by atoms with Crippen molar-refractivity contribution in [3.05, 3.63) is 0 Å². The number of aliphatic carboxylic acids is 1. The molecule has 0 aliphatic carbocycles. The van der Waals surface area contributed by atoms with E-state index in [1.165, 1.54) is 11.8 Å². The Kier molecular flexibility index (Phi) is 5.49. The molecule has 0 aromatic rings. The molecule has 1 atom stereocenters. The lowest BCUT2D eigenvalue weighted by molar-refractivity contribution is -0.136. The van der Waals surface area contributed by atoms with Gasteiger partial charge in [0, 0.05) is 0 Å². The second-order valence-electron chi connectivity index (χ2n) is 2.20. The maximum Gasteiger partial charge on any atom is 0.316 e. The van der Waals surface area contributed by atoms with Crippen LogP contribution >= 0.6 is 11.8 Å². The summed E-state index contributed by atoms with van der Waals surface area (Å²) in [5, 5.41) is 8.22. The molecular weight excluding hydrogens is 148 g/mol. The zero-order valence-electron chi connectivity index (χ0n) is 6.46. The van der Waals surface area contributed by atoms with E-state index in [1.807, 2.05) is 0 Å². The molecule has 0 heterocycles. The second-order valence-corrected chi connectivity index (χ2v) is 3.65. The van der Waals surface area contributed by atoms with E-state index in [0.717, 1.165) is 18.6 Å². The Morgan fingerprint density at radius 3 is 2.70 bits per heavy atom. The Morgan fingerprint density at radius 1 is 1.70 bits per heavy atom. The first-order valence-electron chi connectivity index (χ1n) is 3.53. The first kappa shape index (κ1) is 9.82. The predicted octanol–water partition coefficient (Wildman–Crippen LogP) is 1.99. The van der Waals surface area contributed by atoms with E-state index in [-0.39, 0.29) is 5.25 Å². The van der Waals surface area contributed by atoms with Gasteiger partial charge in [-0.15, -0.1) is 11.8 Å². The van der Waals surface area contributed by atoms with Crippen LogP contribution < -0.4 is 0 Å². The highest BCUT2D eigenvalue weighted by Gasteiger charge is 2.09. The van der Waals surface area contributed by atoms with Crippen LogP contribution in [-0.4, -0.2) is 22.1 Å². The fourth-order valence-corrected chi connectivity index (χ4v) is 1.43. The van der Waals surface area contributed by atoms with Crippen LogP contribution in [0, 0.1) is 0 Å². The van der Waals surface area contributed by atoms with Crippen molar-refractivity contribution in [2.75, 3.05) is 5.75 Å². The van der Waals surface area contributed by atoms with E-state index in [9.17, 15) is 4.79 Å². The second kappa shape index (κ2) is 5.59. The van der Waals surface area contributed by atoms with Gasteiger partial charge < -0.3 is 5.11 Å². The van der Waals surface area contributed by atoms with Crippen LogP contribution in [0.5, 0.6) is 0 Å². The lowest BCUT2D eigenvalue weighted by Crippen LogP contribution is -2.11. The van der Waals surface area contributed by atoms with Gasteiger partial charge in [-0.25, -0.2) is 0 Å². The number of rotatable bonds is 5. The van der Waals surface area contributed by atoms with Crippen molar-refractivity contribution in [2.24, 2.45) is 0 Å². The van der Waals surface area contributed by atoms with Crippen LogP contribution in [-0.2, 0) is 4.79 Å². The standard InChI is InChI=1S/C7H14O2S/c1-3-4-5-10-6(2)7(8)9/h6H,3-5H2,1-2H3,(H,8,9)/t6-/m0/s1. The van der Waals surface area contributed by atoms with Gasteiger partial charge in [0.25, 0.3) is 0 Å². The van der Waals surface area contributed by atoms with Crippen LogP contribution in [0.4, 0.5) is 0 Å². The van der Waals surface area contributed by atoms with Gasteiger partial charge in [-0.05, 0) is 19.1 Å². The minimum absolute atomic E-state index is 0.244. The molecule has 0 saturated carbocycles. The summed E-state index contributed by atoms with van der Waals surface area (Å²) in [6.45, 7) is 3.83. The molecule has 0 bridgehead atoms. The monoisotopic (exact) mass is 162 g/mol. The van der Waals surface area contributed by atoms with Crippen LogP contribution in [0.25, 0.3) is 0 Å². The smallest absolute Gasteiger partial charge is 0.316 e. The number of carbonyl (C=O) groups is 1. The quantitative estimate of drug-likeness (QED) is 0.628. The van der Waals surface area contributed by atoms with E-state index in [4.69, 9.17) is 5.11 Å². The molecule has 0 unspecified atom stereocenters. The molecule has 2 nitrogen and oxygen atoms in total. The Morgan fingerprint density at radius 2 is 2.30 bits per heavy atom. The molecule has 3 heteroatoms. The highest BCUT2D eigenvalue weighted by molar-refractivity contribution is 8.00. The third kappa shape index (κ3) is 4.68. The molecule has 60 valence electrons. The normalized spacial score (nSPS) is 13.0. The summed E-state index contributed by atoms with van der Waals surface area (Å²) in [4.78, 5) is 10.3. The number of unbranched alkanes of at least 4 members (excludes halogenated alkanes) is 1. The van der Waals surface area contributed by atoms with Crippen LogP contribution in [0.3, 0.4) is 0 Å². The summed E-state index contributed by atoms with van der Waals surface area (Å²) < 4.78 is 0. The number of thioether (sulfide) groups is 1. The van der Waals surface area contributed by atoms with E-state index in [2.05, 4.69) is 6.92 Å². The minimum atomic E-state index is -0.707. The van der Waals surface area contributed by atoms with Crippen molar-refractivity contribution in [1.29, 1.82) is 0 Å². The van der Waals surface area contributed by atoms with Crippen LogP contribution in [0.1, 0.15) is 26.7 Å². The third-order valence-electron chi connectivity index (χ3n) is 1.21. The maximum atomic E-state index is 10.3. The lowest BCUT2D eigenvalue weighted by Gasteiger charge is -2.03. The SMILES string of the molecule is CCCCS[C@@H](C)C(=O)O. The summed E-state index contributed by atoms with van der Waals surface area (Å²) >= 11 is 1.51. The number of carboxylic acid groups (broad SMARTS) is 1. The van der Waals surface area contributed by atoms with Gasteiger partial charge in [0.05, 0.1) is 5.25 Å². The van der Waals surface area contributed by atoms with Crippen LogP contribution in [0.2, 0.25) is 0 Å². The number of carboxylic acids is 1. The molecule has 10 heavy (non-hydrogen) atoms. The molecule has 0 amide bonds. The molecule has 0 spiro atoms. The van der Waals surface area contributed by atoms with Gasteiger partial charge in [0.2, 0.25) is 0 Å². The topological polar surface area (TPSA) is 37.3 Å². The predicted molar refractivity (Wildman–Crippen MR) is 44.5 cm³/mol. The van der Waals surface area contributed by atoms with Gasteiger partial charge in [0.1, 0.15) is 0 Å². The number of hydrogen-bond donors (Lipinski definition) is 1. The molecule has 0 radical (unpaired) electrons. The maximum absolute atomic E-state index is 10.3. The molecular formula is C7H14O2S. The van der Waals surface area contributed by atoms with Crippen molar-refractivity contribution in [3.63, 3.8) is 0 Å². The van der Waals surface area contributed by atoms with Gasteiger partial charge in [0.15, 0.2) is 0 Å². The zero-order chi connectivity index (χ0) is 7.98. The van der Waals surface area contributed by atoms with Gasteiger partial charge in [-0.2, -0.15) is 0 Å². The average molecular weight is 162 g/mol. The van der Waals surface area contributed by atoms with Crippen molar-refractivity contribution in [2.45, 2.75) is 31.9 Å². The minimum Gasteiger partial charge on any atom is -0.480 e. The Balaban J connectivity index is 3.21. The molecule has 0 aromatic carbocycles. The molecule has 1 N–H and O–H groups in total. The van der Waals surface area contributed by atoms with Gasteiger partial charge >= 0.3 is 5.97 Å². The molecule has 0 aliphatic heterocycles. The fraction of sp³-hybridized carbons (Fsp3) is 0.857. The van der Waals surface area contributed by atoms with Crippen molar-refractivity contribution >= 4 is 17.7 Å². The summed E-state index contributed by atoms with van der Waals surface area (Å²) in [7, 11) is 0. The summed E-state index contributed by atoms with van der Waals surface area (Å²) in [5.74, 6) is 0.255. The molecule has 0 aromatic heterocycles. The molecule has 0 aliphatic rings. The first-order valence-corrected chi connectivity index (χ1v) is 4.57. The summed E-state index contributed by atoms with van der Waals surface area (Å²) in [6.07, 6.45) is 2.25.